The van der Waals surface area contributed by atoms with Crippen LogP contribution in [0.15, 0.2) is 15.7 Å². The molecule has 16 heavy (non-hydrogen) atoms. The number of rotatable bonds is 4. The Balaban J connectivity index is 0.00000225. The van der Waals surface area contributed by atoms with Crippen LogP contribution in [0.1, 0.15) is 19.4 Å². The number of halogens is 1. The second kappa shape index (κ2) is 5.46. The van der Waals surface area contributed by atoms with Crippen LogP contribution < -0.4 is 10.5 Å². The van der Waals surface area contributed by atoms with Gasteiger partial charge in [-0.25, -0.2) is 13.1 Å². The van der Waals surface area contributed by atoms with Gasteiger partial charge in [-0.15, -0.1) is 23.7 Å². The van der Waals surface area contributed by atoms with Gasteiger partial charge in [0.2, 0.25) is 0 Å². The average Bonchev–Trinajstić information content (AvgIpc) is 2.50. The Kier molecular flexibility index (Phi) is 5.41. The van der Waals surface area contributed by atoms with E-state index in [1.807, 2.05) is 0 Å². The molecule has 0 radical (unpaired) electrons. The molecule has 1 aromatic heterocycles. The maximum Gasteiger partial charge on any atom is 0.250 e. The first-order chi connectivity index (χ1) is 6.78. The molecule has 1 rings (SSSR count). The first-order valence-electron chi connectivity index (χ1n) is 4.57. The van der Waals surface area contributed by atoms with E-state index >= 15 is 0 Å². The van der Waals surface area contributed by atoms with Gasteiger partial charge >= 0.3 is 0 Å². The van der Waals surface area contributed by atoms with E-state index in [9.17, 15) is 8.42 Å². The van der Waals surface area contributed by atoms with Gasteiger partial charge in [-0.2, -0.15) is 0 Å². The standard InChI is InChI=1S/C9H16N2O2S2.ClH/c1-7-4-5-14-8(7)15(12,13)11-9(2,3)6-10;/h4-5,11H,6,10H2,1-3H3;1H. The van der Waals surface area contributed by atoms with E-state index in [4.69, 9.17) is 5.73 Å². The number of sulfonamides is 1. The highest BCUT2D eigenvalue weighted by molar-refractivity contribution is 7.91. The molecule has 0 unspecified atom stereocenters. The van der Waals surface area contributed by atoms with Crippen LogP contribution in [0.5, 0.6) is 0 Å². The van der Waals surface area contributed by atoms with Crippen LogP contribution in [0.4, 0.5) is 0 Å². The van der Waals surface area contributed by atoms with Gasteiger partial charge in [-0.3, -0.25) is 0 Å². The number of thiophene rings is 1. The zero-order valence-electron chi connectivity index (χ0n) is 9.48. The topological polar surface area (TPSA) is 72.2 Å². The normalized spacial score (nSPS) is 12.2. The SMILES string of the molecule is Cc1ccsc1S(=O)(=O)NC(C)(C)CN.Cl. The Morgan fingerprint density at radius 2 is 2.06 bits per heavy atom. The van der Waals surface area contributed by atoms with Crippen molar-refractivity contribution >= 4 is 33.8 Å². The minimum Gasteiger partial charge on any atom is -0.329 e. The van der Waals surface area contributed by atoms with Gasteiger partial charge in [-0.1, -0.05) is 0 Å². The molecule has 0 amide bonds. The molecule has 0 bridgehead atoms. The van der Waals surface area contributed by atoms with Crippen LogP contribution in [0.3, 0.4) is 0 Å². The molecule has 0 aliphatic carbocycles. The highest BCUT2D eigenvalue weighted by Crippen LogP contribution is 2.22. The molecule has 0 spiro atoms. The average molecular weight is 285 g/mol. The maximum atomic E-state index is 11.9. The fourth-order valence-corrected chi connectivity index (χ4v) is 3.93. The first-order valence-corrected chi connectivity index (χ1v) is 6.93. The number of nitrogens with two attached hydrogens (primary N) is 1. The number of hydrogen-bond acceptors (Lipinski definition) is 4. The van der Waals surface area contributed by atoms with Crippen molar-refractivity contribution in [3.05, 3.63) is 17.0 Å². The molecule has 4 nitrogen and oxygen atoms in total. The second-order valence-electron chi connectivity index (χ2n) is 4.08. The van der Waals surface area contributed by atoms with Crippen LogP contribution in [-0.2, 0) is 10.0 Å². The van der Waals surface area contributed by atoms with E-state index < -0.39 is 15.6 Å². The van der Waals surface area contributed by atoms with Gasteiger partial charge < -0.3 is 5.73 Å². The Labute approximate surface area is 107 Å². The van der Waals surface area contributed by atoms with Crippen molar-refractivity contribution in [1.82, 2.24) is 4.72 Å². The van der Waals surface area contributed by atoms with Crippen molar-refractivity contribution < 1.29 is 8.42 Å². The molecule has 3 N–H and O–H groups in total. The zero-order chi connectivity index (χ0) is 11.7. The van der Waals surface area contributed by atoms with E-state index in [1.165, 1.54) is 11.3 Å². The molecular formula is C9H17ClN2O2S2. The van der Waals surface area contributed by atoms with E-state index in [1.54, 1.807) is 32.2 Å². The predicted molar refractivity (Wildman–Crippen MR) is 69.8 cm³/mol. The molecule has 0 saturated heterocycles. The van der Waals surface area contributed by atoms with Crippen molar-refractivity contribution in [2.75, 3.05) is 6.54 Å². The van der Waals surface area contributed by atoms with Crippen molar-refractivity contribution in [2.24, 2.45) is 5.73 Å². The fourth-order valence-electron chi connectivity index (χ4n) is 1.09. The van der Waals surface area contributed by atoms with Crippen LogP contribution in [0.25, 0.3) is 0 Å². The summed E-state index contributed by atoms with van der Waals surface area (Å²) in [5, 5.41) is 1.76. The Bertz CT molecular complexity index is 440. The van der Waals surface area contributed by atoms with Gasteiger partial charge in [0.25, 0.3) is 10.0 Å². The summed E-state index contributed by atoms with van der Waals surface area (Å²) < 4.78 is 26.8. The summed E-state index contributed by atoms with van der Waals surface area (Å²) in [5.74, 6) is 0. The van der Waals surface area contributed by atoms with E-state index in [0.717, 1.165) is 5.56 Å². The summed E-state index contributed by atoms with van der Waals surface area (Å²) in [6.07, 6.45) is 0. The highest BCUT2D eigenvalue weighted by atomic mass is 35.5. The van der Waals surface area contributed by atoms with Crippen molar-refractivity contribution in [3.63, 3.8) is 0 Å². The smallest absolute Gasteiger partial charge is 0.250 e. The lowest BCUT2D eigenvalue weighted by atomic mass is 10.1. The predicted octanol–water partition coefficient (Wildman–Crippen LogP) is 1.49. The summed E-state index contributed by atoms with van der Waals surface area (Å²) in [6, 6.07) is 1.79. The van der Waals surface area contributed by atoms with Crippen LogP contribution >= 0.6 is 23.7 Å². The van der Waals surface area contributed by atoms with Gasteiger partial charge in [0, 0.05) is 12.1 Å². The van der Waals surface area contributed by atoms with Crippen LogP contribution in [0, 0.1) is 6.92 Å². The molecule has 94 valence electrons. The Hall–Kier alpha value is -0.140. The summed E-state index contributed by atoms with van der Waals surface area (Å²) >= 11 is 1.22. The third-order valence-electron chi connectivity index (χ3n) is 1.98. The van der Waals surface area contributed by atoms with Gasteiger partial charge in [0.15, 0.2) is 0 Å². The quantitative estimate of drug-likeness (QED) is 0.880. The monoisotopic (exact) mass is 284 g/mol. The first kappa shape index (κ1) is 15.9. The van der Waals surface area contributed by atoms with E-state index in [2.05, 4.69) is 4.72 Å². The highest BCUT2D eigenvalue weighted by Gasteiger charge is 2.26. The Morgan fingerprint density at radius 1 is 1.50 bits per heavy atom. The zero-order valence-corrected chi connectivity index (χ0v) is 11.9. The van der Waals surface area contributed by atoms with Crippen LogP contribution in [-0.4, -0.2) is 20.5 Å². The molecule has 0 aromatic carbocycles. The van der Waals surface area contributed by atoms with E-state index in [-0.39, 0.29) is 19.0 Å². The molecule has 0 atom stereocenters. The lowest BCUT2D eigenvalue weighted by molar-refractivity contribution is 0.463. The lowest BCUT2D eigenvalue weighted by Crippen LogP contribution is -2.48. The lowest BCUT2D eigenvalue weighted by Gasteiger charge is -2.23. The molecular weight excluding hydrogens is 268 g/mol. The summed E-state index contributed by atoms with van der Waals surface area (Å²) in [4.78, 5) is 0. The second-order valence-corrected chi connectivity index (χ2v) is 6.88. The van der Waals surface area contributed by atoms with Gasteiger partial charge in [0.05, 0.1) is 0 Å². The van der Waals surface area contributed by atoms with Crippen molar-refractivity contribution in [3.8, 4) is 0 Å². The summed E-state index contributed by atoms with van der Waals surface area (Å²) in [6.45, 7) is 5.55. The van der Waals surface area contributed by atoms with E-state index in [0.29, 0.717) is 4.21 Å². The molecule has 0 saturated carbocycles. The number of nitrogens with one attached hydrogen (secondary N) is 1. The van der Waals surface area contributed by atoms with Crippen molar-refractivity contribution in [1.29, 1.82) is 0 Å². The van der Waals surface area contributed by atoms with Crippen LogP contribution in [0.2, 0.25) is 0 Å². The summed E-state index contributed by atoms with van der Waals surface area (Å²) in [5.41, 5.74) is 5.63. The minimum absolute atomic E-state index is 0. The maximum absolute atomic E-state index is 11.9. The molecule has 0 aliphatic heterocycles. The van der Waals surface area contributed by atoms with Gasteiger partial charge in [0.1, 0.15) is 4.21 Å². The summed E-state index contributed by atoms with van der Waals surface area (Å²) in [7, 11) is -3.43. The Morgan fingerprint density at radius 3 is 2.44 bits per heavy atom. The molecule has 0 aliphatic rings. The molecule has 0 fully saturated rings. The molecule has 1 heterocycles. The third kappa shape index (κ3) is 3.71. The van der Waals surface area contributed by atoms with Crippen molar-refractivity contribution in [2.45, 2.75) is 30.5 Å². The third-order valence-corrected chi connectivity index (χ3v) is 5.37. The minimum atomic E-state index is -3.43. The molecule has 7 heteroatoms. The molecule has 1 aromatic rings. The fraction of sp³-hybridized carbons (Fsp3) is 0.556. The largest absolute Gasteiger partial charge is 0.329 e. The number of hydrogen-bond donors (Lipinski definition) is 2. The number of aryl methyl sites for hydroxylation is 1. The van der Waals surface area contributed by atoms with Gasteiger partial charge in [-0.05, 0) is 37.8 Å².